The van der Waals surface area contributed by atoms with Crippen LogP contribution in [0, 0.1) is 0 Å². The first-order valence-electron chi connectivity index (χ1n) is 7.13. The second kappa shape index (κ2) is 7.89. The van der Waals surface area contributed by atoms with Crippen LogP contribution in [0.2, 0.25) is 0 Å². The molecule has 0 aliphatic carbocycles. The normalized spacial score (nSPS) is 12.6. The van der Waals surface area contributed by atoms with E-state index < -0.39 is 15.6 Å². The predicted octanol–water partition coefficient (Wildman–Crippen LogP) is 1.89. The molecule has 0 amide bonds. The molecule has 0 aliphatic rings. The molecule has 0 bridgehead atoms. The molecule has 0 radical (unpaired) electrons. The highest BCUT2D eigenvalue weighted by molar-refractivity contribution is 7.89. The zero-order valence-corrected chi connectivity index (χ0v) is 14.1. The zero-order valence-electron chi connectivity index (χ0n) is 13.3. The van der Waals surface area contributed by atoms with Crippen molar-refractivity contribution in [3.05, 3.63) is 29.8 Å². The molecule has 5 nitrogen and oxygen atoms in total. The van der Waals surface area contributed by atoms with E-state index in [1.54, 1.807) is 33.1 Å². The van der Waals surface area contributed by atoms with Crippen LogP contribution >= 0.6 is 0 Å². The molecule has 1 aromatic rings. The molecule has 1 aromatic carbocycles. The molecule has 120 valence electrons. The molecule has 0 unspecified atom stereocenters. The first-order valence-corrected chi connectivity index (χ1v) is 8.61. The Morgan fingerprint density at radius 3 is 2.33 bits per heavy atom. The predicted molar refractivity (Wildman–Crippen MR) is 84.7 cm³/mol. The SMILES string of the molecule is CCCNCc1ccc(S(=O)(=O)NC(C)(C)COC)cc1. The molecule has 0 atom stereocenters. The number of methoxy groups -OCH3 is 1. The van der Waals surface area contributed by atoms with Crippen LogP contribution in [0.1, 0.15) is 32.8 Å². The molecule has 0 spiro atoms. The summed E-state index contributed by atoms with van der Waals surface area (Å²) in [5, 5.41) is 3.28. The van der Waals surface area contributed by atoms with E-state index in [1.165, 1.54) is 0 Å². The Morgan fingerprint density at radius 1 is 1.19 bits per heavy atom. The number of ether oxygens (including phenoxy) is 1. The molecule has 0 heterocycles. The van der Waals surface area contributed by atoms with Crippen molar-refractivity contribution in [2.75, 3.05) is 20.3 Å². The Balaban J connectivity index is 2.75. The average Bonchev–Trinajstić information content (AvgIpc) is 2.38. The van der Waals surface area contributed by atoms with Crippen LogP contribution in [0.15, 0.2) is 29.2 Å². The van der Waals surface area contributed by atoms with Gasteiger partial charge in [-0.1, -0.05) is 19.1 Å². The number of rotatable bonds is 9. The largest absolute Gasteiger partial charge is 0.383 e. The van der Waals surface area contributed by atoms with Crippen LogP contribution in [0.4, 0.5) is 0 Å². The van der Waals surface area contributed by atoms with Crippen molar-refractivity contribution < 1.29 is 13.2 Å². The average molecular weight is 314 g/mol. The standard InChI is InChI=1S/C15H26N2O3S/c1-5-10-16-11-13-6-8-14(9-7-13)21(18,19)17-15(2,3)12-20-4/h6-9,16-17H,5,10-12H2,1-4H3. The number of nitrogens with one attached hydrogen (secondary N) is 2. The first-order chi connectivity index (χ1) is 9.80. The fourth-order valence-electron chi connectivity index (χ4n) is 2.01. The Hall–Kier alpha value is -0.950. The van der Waals surface area contributed by atoms with E-state index in [1.807, 2.05) is 12.1 Å². The highest BCUT2D eigenvalue weighted by Crippen LogP contribution is 2.14. The highest BCUT2D eigenvalue weighted by Gasteiger charge is 2.26. The summed E-state index contributed by atoms with van der Waals surface area (Å²) in [6.45, 7) is 7.69. The van der Waals surface area contributed by atoms with Crippen LogP contribution in [-0.2, 0) is 21.3 Å². The molecule has 2 N–H and O–H groups in total. The maximum atomic E-state index is 12.3. The van der Waals surface area contributed by atoms with Gasteiger partial charge in [-0.2, -0.15) is 0 Å². The third kappa shape index (κ3) is 6.13. The van der Waals surface area contributed by atoms with E-state index >= 15 is 0 Å². The minimum Gasteiger partial charge on any atom is -0.383 e. The molecule has 0 saturated heterocycles. The summed E-state index contributed by atoms with van der Waals surface area (Å²) < 4.78 is 32.3. The van der Waals surface area contributed by atoms with Gasteiger partial charge in [0.1, 0.15) is 0 Å². The lowest BCUT2D eigenvalue weighted by Gasteiger charge is -2.24. The molecule has 0 aliphatic heterocycles. The lowest BCUT2D eigenvalue weighted by atomic mass is 10.1. The lowest BCUT2D eigenvalue weighted by molar-refractivity contribution is 0.141. The maximum absolute atomic E-state index is 12.3. The van der Waals surface area contributed by atoms with E-state index in [0.717, 1.165) is 25.1 Å². The zero-order chi connectivity index (χ0) is 15.9. The Morgan fingerprint density at radius 2 is 1.81 bits per heavy atom. The monoisotopic (exact) mass is 314 g/mol. The van der Waals surface area contributed by atoms with Gasteiger partial charge >= 0.3 is 0 Å². The van der Waals surface area contributed by atoms with E-state index in [0.29, 0.717) is 6.61 Å². The fraction of sp³-hybridized carbons (Fsp3) is 0.600. The second-order valence-corrected chi connectivity index (χ2v) is 7.43. The Labute approximate surface area is 128 Å². The van der Waals surface area contributed by atoms with Crippen molar-refractivity contribution in [2.45, 2.75) is 44.2 Å². The lowest BCUT2D eigenvalue weighted by Crippen LogP contribution is -2.46. The van der Waals surface area contributed by atoms with Gasteiger partial charge in [0.05, 0.1) is 17.0 Å². The van der Waals surface area contributed by atoms with Crippen LogP contribution < -0.4 is 10.0 Å². The smallest absolute Gasteiger partial charge is 0.241 e. The summed E-state index contributed by atoms with van der Waals surface area (Å²) >= 11 is 0. The Bertz CT molecular complexity index is 524. The van der Waals surface area contributed by atoms with E-state index in [4.69, 9.17) is 4.74 Å². The molecule has 1 rings (SSSR count). The number of hydrogen-bond acceptors (Lipinski definition) is 4. The first kappa shape index (κ1) is 18.1. The summed E-state index contributed by atoms with van der Waals surface area (Å²) in [5.74, 6) is 0. The summed E-state index contributed by atoms with van der Waals surface area (Å²) in [6.07, 6.45) is 1.07. The van der Waals surface area contributed by atoms with Crippen LogP contribution in [0.5, 0.6) is 0 Å². The van der Waals surface area contributed by atoms with E-state index in [9.17, 15) is 8.42 Å². The van der Waals surface area contributed by atoms with Gasteiger partial charge in [0, 0.05) is 13.7 Å². The number of benzene rings is 1. The van der Waals surface area contributed by atoms with Crippen LogP contribution in [0.25, 0.3) is 0 Å². The van der Waals surface area contributed by atoms with Gasteiger partial charge in [-0.05, 0) is 44.5 Å². The summed E-state index contributed by atoms with van der Waals surface area (Å²) in [6, 6.07) is 6.93. The summed E-state index contributed by atoms with van der Waals surface area (Å²) in [5.41, 5.74) is 0.424. The van der Waals surface area contributed by atoms with Crippen LogP contribution in [-0.4, -0.2) is 34.2 Å². The quantitative estimate of drug-likeness (QED) is 0.683. The van der Waals surface area contributed by atoms with Crippen molar-refractivity contribution in [3.8, 4) is 0 Å². The fourth-order valence-corrected chi connectivity index (χ4v) is 3.41. The van der Waals surface area contributed by atoms with Gasteiger partial charge in [-0.3, -0.25) is 0 Å². The summed E-state index contributed by atoms with van der Waals surface area (Å²) in [4.78, 5) is 0.269. The van der Waals surface area contributed by atoms with Gasteiger partial charge in [-0.25, -0.2) is 13.1 Å². The van der Waals surface area contributed by atoms with Crippen molar-refractivity contribution in [3.63, 3.8) is 0 Å². The van der Waals surface area contributed by atoms with Crippen molar-refractivity contribution >= 4 is 10.0 Å². The van der Waals surface area contributed by atoms with Crippen molar-refractivity contribution in [1.29, 1.82) is 0 Å². The minimum atomic E-state index is -3.53. The maximum Gasteiger partial charge on any atom is 0.241 e. The Kier molecular flexibility index (Phi) is 6.80. The molecular weight excluding hydrogens is 288 g/mol. The molecule has 21 heavy (non-hydrogen) atoms. The molecule has 6 heteroatoms. The number of sulfonamides is 1. The van der Waals surface area contributed by atoms with E-state index in [-0.39, 0.29) is 4.90 Å². The highest BCUT2D eigenvalue weighted by atomic mass is 32.2. The van der Waals surface area contributed by atoms with Gasteiger partial charge in [-0.15, -0.1) is 0 Å². The minimum absolute atomic E-state index is 0.269. The molecule has 0 saturated carbocycles. The van der Waals surface area contributed by atoms with Gasteiger partial charge < -0.3 is 10.1 Å². The van der Waals surface area contributed by atoms with Crippen molar-refractivity contribution in [2.24, 2.45) is 0 Å². The van der Waals surface area contributed by atoms with Gasteiger partial charge in [0.25, 0.3) is 0 Å². The third-order valence-electron chi connectivity index (χ3n) is 2.91. The van der Waals surface area contributed by atoms with Crippen LogP contribution in [0.3, 0.4) is 0 Å². The van der Waals surface area contributed by atoms with Gasteiger partial charge in [0.15, 0.2) is 0 Å². The molecule has 0 fully saturated rings. The molecular formula is C15H26N2O3S. The summed E-state index contributed by atoms with van der Waals surface area (Å²) in [7, 11) is -1.98. The van der Waals surface area contributed by atoms with E-state index in [2.05, 4.69) is 17.0 Å². The third-order valence-corrected chi connectivity index (χ3v) is 4.62. The topological polar surface area (TPSA) is 67.4 Å². The van der Waals surface area contributed by atoms with Crippen molar-refractivity contribution in [1.82, 2.24) is 10.0 Å². The second-order valence-electron chi connectivity index (χ2n) is 5.74. The van der Waals surface area contributed by atoms with Gasteiger partial charge in [0.2, 0.25) is 10.0 Å². The molecule has 0 aromatic heterocycles. The number of hydrogen-bond donors (Lipinski definition) is 2.